The normalized spacial score (nSPS) is 28.2. The average molecular weight is 224 g/mol. The second-order valence-electron chi connectivity index (χ2n) is 4.61. The predicted molar refractivity (Wildman–Crippen MR) is 61.1 cm³/mol. The van der Waals surface area contributed by atoms with Crippen LogP contribution in [-0.2, 0) is 15.2 Å². The summed E-state index contributed by atoms with van der Waals surface area (Å²) in [5, 5.41) is 3.09. The van der Waals surface area contributed by atoms with Crippen molar-refractivity contribution in [2.24, 2.45) is 0 Å². The zero-order valence-electron chi connectivity index (χ0n) is 8.88. The van der Waals surface area contributed by atoms with E-state index in [1.54, 1.807) is 0 Å². The number of rotatable bonds is 1. The summed E-state index contributed by atoms with van der Waals surface area (Å²) in [6, 6.07) is 7.83. The first kappa shape index (κ1) is 10.7. The molecular formula is C12H14ClNO. The van der Waals surface area contributed by atoms with Crippen LogP contribution < -0.4 is 5.32 Å². The number of carbonyl (C=O) groups excluding carboxylic acids is 1. The lowest BCUT2D eigenvalue weighted by atomic mass is 9.77. The third-order valence-electron chi connectivity index (χ3n) is 3.00. The van der Waals surface area contributed by atoms with Gasteiger partial charge in [0, 0.05) is 12.0 Å². The summed E-state index contributed by atoms with van der Waals surface area (Å²) in [5.74, 6) is 0. The van der Waals surface area contributed by atoms with Crippen molar-refractivity contribution in [1.29, 1.82) is 0 Å². The molecule has 80 valence electrons. The quantitative estimate of drug-likeness (QED) is 0.449. The molecule has 1 atom stereocenters. The van der Waals surface area contributed by atoms with Crippen LogP contribution >= 0.6 is 11.6 Å². The van der Waals surface area contributed by atoms with Gasteiger partial charge in [0.05, 0.1) is 0 Å². The van der Waals surface area contributed by atoms with Gasteiger partial charge in [0.1, 0.15) is 0 Å². The van der Waals surface area contributed by atoms with Gasteiger partial charge in [0.15, 0.2) is 11.3 Å². The molecule has 0 bridgehead atoms. The van der Waals surface area contributed by atoms with Crippen molar-refractivity contribution in [3.63, 3.8) is 0 Å². The maximum atomic E-state index is 11.1. The molecule has 0 fully saturated rings. The number of fused-ring (bicyclic) bond motifs is 1. The summed E-state index contributed by atoms with van der Waals surface area (Å²) in [7, 11) is 0. The Morgan fingerprint density at radius 1 is 1.33 bits per heavy atom. The van der Waals surface area contributed by atoms with Crippen LogP contribution in [-0.4, -0.2) is 12.8 Å². The molecule has 1 heterocycles. The Bertz CT molecular complexity index is 402. The molecule has 2 rings (SSSR count). The predicted octanol–water partition coefficient (Wildman–Crippen LogP) is 2.16. The molecule has 1 aromatic rings. The molecule has 0 saturated heterocycles. The summed E-state index contributed by atoms with van der Waals surface area (Å²) in [6.45, 7) is 4.98. The number of nitrogens with one attached hydrogen (secondary N) is 1. The third-order valence-corrected chi connectivity index (χ3v) is 3.42. The lowest BCUT2D eigenvalue weighted by Crippen LogP contribution is -2.51. The Morgan fingerprint density at radius 3 is 2.53 bits per heavy atom. The van der Waals surface area contributed by atoms with Crippen molar-refractivity contribution in [3.05, 3.63) is 35.4 Å². The average Bonchev–Trinajstić information content (AvgIpc) is 2.25. The van der Waals surface area contributed by atoms with Gasteiger partial charge >= 0.3 is 0 Å². The van der Waals surface area contributed by atoms with Gasteiger partial charge in [-0.15, -0.1) is 0 Å². The van der Waals surface area contributed by atoms with Gasteiger partial charge < -0.3 is 0 Å². The Kier molecular flexibility index (Phi) is 2.36. The van der Waals surface area contributed by atoms with Gasteiger partial charge in [0.2, 0.25) is 0 Å². The Morgan fingerprint density at radius 2 is 1.93 bits per heavy atom. The molecule has 1 aliphatic rings. The molecule has 0 radical (unpaired) electrons. The molecule has 1 aliphatic heterocycles. The lowest BCUT2D eigenvalue weighted by molar-refractivity contribution is -0.111. The van der Waals surface area contributed by atoms with Crippen molar-refractivity contribution in [2.45, 2.75) is 24.3 Å². The summed E-state index contributed by atoms with van der Waals surface area (Å²) in [6.07, 6.45) is 0.766. The number of aldehydes is 1. The van der Waals surface area contributed by atoms with Crippen molar-refractivity contribution < 1.29 is 4.79 Å². The maximum absolute atomic E-state index is 11.1. The minimum Gasteiger partial charge on any atom is -0.299 e. The zero-order valence-corrected chi connectivity index (χ0v) is 9.64. The first-order chi connectivity index (χ1) is 6.99. The van der Waals surface area contributed by atoms with E-state index in [-0.39, 0.29) is 5.41 Å². The van der Waals surface area contributed by atoms with Crippen LogP contribution in [0, 0.1) is 0 Å². The summed E-state index contributed by atoms with van der Waals surface area (Å²) in [5.41, 5.74) is 2.03. The smallest absolute Gasteiger partial charge is 0.175 e. The first-order valence-electron chi connectivity index (χ1n) is 5.00. The van der Waals surface area contributed by atoms with E-state index in [1.807, 2.05) is 24.3 Å². The molecular weight excluding hydrogens is 210 g/mol. The highest BCUT2D eigenvalue weighted by molar-refractivity contribution is 6.31. The van der Waals surface area contributed by atoms with Gasteiger partial charge in [-0.3, -0.25) is 10.1 Å². The van der Waals surface area contributed by atoms with E-state index in [0.29, 0.717) is 6.54 Å². The first-order valence-corrected chi connectivity index (χ1v) is 5.38. The molecule has 1 unspecified atom stereocenters. The fraction of sp³-hybridized carbons (Fsp3) is 0.417. The second-order valence-corrected chi connectivity index (χ2v) is 5.21. The molecule has 15 heavy (non-hydrogen) atoms. The van der Waals surface area contributed by atoms with Crippen molar-refractivity contribution >= 4 is 17.9 Å². The molecule has 1 N–H and O–H groups in total. The van der Waals surface area contributed by atoms with Crippen molar-refractivity contribution in [2.75, 3.05) is 6.54 Å². The van der Waals surface area contributed by atoms with Crippen LogP contribution in [0.5, 0.6) is 0 Å². The molecule has 0 saturated carbocycles. The van der Waals surface area contributed by atoms with Crippen molar-refractivity contribution in [1.82, 2.24) is 5.32 Å². The largest absolute Gasteiger partial charge is 0.299 e. The minimum absolute atomic E-state index is 0.0119. The monoisotopic (exact) mass is 223 g/mol. The van der Waals surface area contributed by atoms with E-state index >= 15 is 0 Å². The van der Waals surface area contributed by atoms with Gasteiger partial charge in [-0.2, -0.15) is 0 Å². The SMILES string of the molecule is CC1(C)CNC(Cl)(C=O)c2ccccc21. The van der Waals surface area contributed by atoms with E-state index in [2.05, 4.69) is 19.2 Å². The highest BCUT2D eigenvalue weighted by atomic mass is 35.5. The van der Waals surface area contributed by atoms with E-state index in [1.165, 1.54) is 0 Å². The van der Waals surface area contributed by atoms with E-state index in [9.17, 15) is 4.79 Å². The fourth-order valence-corrected chi connectivity index (χ4v) is 2.27. The van der Waals surface area contributed by atoms with E-state index in [0.717, 1.165) is 17.4 Å². The topological polar surface area (TPSA) is 29.1 Å². The maximum Gasteiger partial charge on any atom is 0.175 e. The molecule has 0 spiro atoms. The van der Waals surface area contributed by atoms with Crippen LogP contribution in [0.4, 0.5) is 0 Å². The summed E-state index contributed by atoms with van der Waals surface area (Å²) in [4.78, 5) is 10.0. The number of hydrogen-bond acceptors (Lipinski definition) is 2. The van der Waals surface area contributed by atoms with E-state index < -0.39 is 5.00 Å². The molecule has 1 aromatic carbocycles. The molecule has 3 heteroatoms. The van der Waals surface area contributed by atoms with Crippen LogP contribution in [0.15, 0.2) is 24.3 Å². The highest BCUT2D eigenvalue weighted by Crippen LogP contribution is 2.38. The van der Waals surface area contributed by atoms with Gasteiger partial charge in [0.25, 0.3) is 0 Å². The molecule has 2 nitrogen and oxygen atoms in total. The Labute approximate surface area is 94.6 Å². The fourth-order valence-electron chi connectivity index (χ4n) is 2.04. The zero-order chi connectivity index (χ0) is 11.1. The number of hydrogen-bond donors (Lipinski definition) is 1. The van der Waals surface area contributed by atoms with E-state index in [4.69, 9.17) is 11.6 Å². The van der Waals surface area contributed by atoms with Crippen LogP contribution in [0.25, 0.3) is 0 Å². The molecule has 0 amide bonds. The van der Waals surface area contributed by atoms with Crippen LogP contribution in [0.2, 0.25) is 0 Å². The second kappa shape index (κ2) is 3.32. The number of alkyl halides is 1. The molecule has 0 aliphatic carbocycles. The summed E-state index contributed by atoms with van der Waals surface area (Å²) < 4.78 is 0. The number of halogens is 1. The Balaban J connectivity index is 2.63. The van der Waals surface area contributed by atoms with Gasteiger partial charge in [-0.25, -0.2) is 0 Å². The standard InChI is InChI=1S/C12H14ClNO/c1-11(2)7-14-12(13,8-15)10-6-4-3-5-9(10)11/h3-6,8,14H,7H2,1-2H3. The van der Waals surface area contributed by atoms with Gasteiger partial charge in [-0.1, -0.05) is 49.7 Å². The third kappa shape index (κ3) is 1.58. The van der Waals surface area contributed by atoms with Crippen molar-refractivity contribution in [3.8, 4) is 0 Å². The summed E-state index contributed by atoms with van der Waals surface area (Å²) >= 11 is 6.24. The molecule has 0 aromatic heterocycles. The highest BCUT2D eigenvalue weighted by Gasteiger charge is 2.40. The van der Waals surface area contributed by atoms with Crippen LogP contribution in [0.3, 0.4) is 0 Å². The van der Waals surface area contributed by atoms with Crippen LogP contribution in [0.1, 0.15) is 25.0 Å². The van der Waals surface area contributed by atoms with Gasteiger partial charge in [-0.05, 0) is 11.1 Å². The Hall–Kier alpha value is -0.860. The number of carbonyl (C=O) groups is 1. The lowest BCUT2D eigenvalue weighted by Gasteiger charge is -2.40. The number of benzene rings is 1. The minimum atomic E-state index is -1.05.